The van der Waals surface area contributed by atoms with Crippen LogP contribution in [-0.4, -0.2) is 20.6 Å². The topological polar surface area (TPSA) is 76.4 Å². The molecule has 0 spiro atoms. The van der Waals surface area contributed by atoms with E-state index in [2.05, 4.69) is 14.7 Å². The lowest BCUT2D eigenvalue weighted by molar-refractivity contribution is 0.314. The number of hydrogen-bond acceptors (Lipinski definition) is 3. The zero-order valence-corrected chi connectivity index (χ0v) is 9.77. The zero-order valence-electron chi connectivity index (χ0n) is 9.77. The fourth-order valence-corrected chi connectivity index (χ4v) is 2.43. The van der Waals surface area contributed by atoms with Gasteiger partial charge in [0.15, 0.2) is 5.84 Å². The second-order valence-electron chi connectivity index (χ2n) is 4.33. The highest BCUT2D eigenvalue weighted by atomic mass is 16.4. The normalized spacial score (nSPS) is 18.2. The van der Waals surface area contributed by atoms with E-state index in [0.717, 1.165) is 18.7 Å². The first-order valence-corrected chi connectivity index (χ1v) is 5.69. The minimum Gasteiger partial charge on any atom is -0.409 e. The van der Waals surface area contributed by atoms with Crippen LogP contribution in [0.2, 0.25) is 0 Å². The van der Waals surface area contributed by atoms with Crippen LogP contribution in [0.15, 0.2) is 5.16 Å². The lowest BCUT2D eigenvalue weighted by Gasteiger charge is -2.19. The van der Waals surface area contributed by atoms with Gasteiger partial charge in [-0.05, 0) is 39.5 Å². The third-order valence-electron chi connectivity index (χ3n) is 3.28. The summed E-state index contributed by atoms with van der Waals surface area (Å²) in [7, 11) is 0. The Hall–Kier alpha value is -1.52. The van der Waals surface area contributed by atoms with Crippen molar-refractivity contribution in [2.75, 3.05) is 0 Å². The average Bonchev–Trinajstić information content (AvgIpc) is 2.63. The number of imidazole rings is 1. The van der Waals surface area contributed by atoms with Crippen molar-refractivity contribution in [2.45, 2.75) is 45.6 Å². The smallest absolute Gasteiger partial charge is 0.162 e. The number of aromatic nitrogens is 2. The van der Waals surface area contributed by atoms with Crippen molar-refractivity contribution in [1.82, 2.24) is 9.55 Å². The van der Waals surface area contributed by atoms with Crippen molar-refractivity contribution in [1.29, 1.82) is 0 Å². The highest BCUT2D eigenvalue weighted by molar-refractivity contribution is 5.83. The predicted molar refractivity (Wildman–Crippen MR) is 61.7 cm³/mol. The molecule has 1 aromatic rings. The summed E-state index contributed by atoms with van der Waals surface area (Å²) in [4.78, 5) is 4.56. The summed E-state index contributed by atoms with van der Waals surface area (Å²) in [5.74, 6) is 1.18. The van der Waals surface area contributed by atoms with E-state index in [1.54, 1.807) is 0 Å². The molecule has 1 aliphatic rings. The van der Waals surface area contributed by atoms with Crippen LogP contribution >= 0.6 is 0 Å². The van der Waals surface area contributed by atoms with Crippen LogP contribution in [0.1, 0.15) is 43.0 Å². The maximum absolute atomic E-state index is 8.73. The first kappa shape index (κ1) is 11.0. The van der Waals surface area contributed by atoms with E-state index in [1.165, 1.54) is 24.2 Å². The van der Waals surface area contributed by atoms with Crippen LogP contribution in [-0.2, 0) is 12.8 Å². The van der Waals surface area contributed by atoms with E-state index in [-0.39, 0.29) is 11.9 Å². The van der Waals surface area contributed by atoms with Gasteiger partial charge in [0, 0.05) is 5.69 Å². The molecule has 0 amide bonds. The number of nitrogens with zero attached hydrogens (tertiary/aromatic N) is 3. The molecule has 5 heteroatoms. The van der Waals surface area contributed by atoms with Crippen molar-refractivity contribution < 1.29 is 5.21 Å². The Kier molecular flexibility index (Phi) is 2.85. The van der Waals surface area contributed by atoms with Crippen LogP contribution in [0.5, 0.6) is 0 Å². The maximum atomic E-state index is 8.73. The van der Waals surface area contributed by atoms with Crippen molar-refractivity contribution >= 4 is 5.84 Å². The SMILES string of the molecule is Cc1nc2c(n1C(C)C(N)=NO)CCCC2. The number of nitrogens with two attached hydrogens (primary N) is 1. The first-order chi connectivity index (χ1) is 7.65. The van der Waals surface area contributed by atoms with Gasteiger partial charge in [-0.25, -0.2) is 4.98 Å². The second kappa shape index (κ2) is 4.15. The minimum atomic E-state index is -0.126. The molecule has 0 bridgehead atoms. The molecule has 2 rings (SSSR count). The molecule has 0 aromatic carbocycles. The standard InChI is InChI=1S/C11H18N4O/c1-7(11(12)14-16)15-8(2)13-9-5-3-4-6-10(9)15/h7,16H,3-6H2,1-2H3,(H2,12,14). The molecule has 1 atom stereocenters. The molecule has 0 saturated heterocycles. The second-order valence-corrected chi connectivity index (χ2v) is 4.33. The third-order valence-corrected chi connectivity index (χ3v) is 3.28. The molecule has 5 nitrogen and oxygen atoms in total. The summed E-state index contributed by atoms with van der Waals surface area (Å²) in [6.45, 7) is 3.90. The van der Waals surface area contributed by atoms with E-state index < -0.39 is 0 Å². The van der Waals surface area contributed by atoms with Gasteiger partial charge in [-0.15, -0.1) is 0 Å². The van der Waals surface area contributed by atoms with Crippen LogP contribution in [0.3, 0.4) is 0 Å². The number of fused-ring (bicyclic) bond motifs is 1. The van der Waals surface area contributed by atoms with Crippen LogP contribution < -0.4 is 5.73 Å². The molecule has 0 saturated carbocycles. The Bertz CT molecular complexity index is 422. The quantitative estimate of drug-likeness (QED) is 0.343. The van der Waals surface area contributed by atoms with Gasteiger partial charge >= 0.3 is 0 Å². The van der Waals surface area contributed by atoms with Gasteiger partial charge in [0.2, 0.25) is 0 Å². The van der Waals surface area contributed by atoms with Gasteiger partial charge in [-0.1, -0.05) is 5.16 Å². The number of oxime groups is 1. The first-order valence-electron chi connectivity index (χ1n) is 5.69. The van der Waals surface area contributed by atoms with E-state index in [0.29, 0.717) is 0 Å². The molecule has 3 N–H and O–H groups in total. The average molecular weight is 222 g/mol. The Morgan fingerprint density at radius 3 is 2.88 bits per heavy atom. The fraction of sp³-hybridized carbons (Fsp3) is 0.636. The number of amidine groups is 1. The van der Waals surface area contributed by atoms with Gasteiger partial charge in [-0.2, -0.15) is 0 Å². The summed E-state index contributed by atoms with van der Waals surface area (Å²) >= 11 is 0. The molecule has 88 valence electrons. The Morgan fingerprint density at radius 2 is 2.19 bits per heavy atom. The molecule has 1 heterocycles. The summed E-state index contributed by atoms with van der Waals surface area (Å²) in [6, 6.07) is -0.126. The number of aryl methyl sites for hydroxylation is 2. The summed E-state index contributed by atoms with van der Waals surface area (Å²) in [5.41, 5.74) is 8.10. The molecule has 0 fully saturated rings. The lowest BCUT2D eigenvalue weighted by Crippen LogP contribution is -2.27. The number of rotatable bonds is 2. The number of hydrogen-bond donors (Lipinski definition) is 2. The van der Waals surface area contributed by atoms with Crippen molar-refractivity contribution in [3.8, 4) is 0 Å². The summed E-state index contributed by atoms with van der Waals surface area (Å²) in [6.07, 6.45) is 4.49. The molecule has 1 aromatic heterocycles. The lowest BCUT2D eigenvalue weighted by atomic mass is 10.0. The Balaban J connectivity index is 2.44. The summed E-state index contributed by atoms with van der Waals surface area (Å²) < 4.78 is 2.09. The van der Waals surface area contributed by atoms with Gasteiger partial charge in [0.25, 0.3) is 0 Å². The highest BCUT2D eigenvalue weighted by Gasteiger charge is 2.22. The molecule has 0 aliphatic heterocycles. The van der Waals surface area contributed by atoms with Crippen LogP contribution in [0, 0.1) is 6.92 Å². The van der Waals surface area contributed by atoms with Crippen molar-refractivity contribution in [3.63, 3.8) is 0 Å². The largest absolute Gasteiger partial charge is 0.409 e. The van der Waals surface area contributed by atoms with E-state index in [1.807, 2.05) is 13.8 Å². The molecule has 0 radical (unpaired) electrons. The summed E-state index contributed by atoms with van der Waals surface area (Å²) in [5, 5.41) is 11.8. The Labute approximate surface area is 95.0 Å². The van der Waals surface area contributed by atoms with E-state index in [9.17, 15) is 0 Å². The van der Waals surface area contributed by atoms with Gasteiger partial charge in [-0.3, -0.25) is 0 Å². The van der Waals surface area contributed by atoms with E-state index in [4.69, 9.17) is 10.9 Å². The van der Waals surface area contributed by atoms with Crippen molar-refractivity contribution in [3.05, 3.63) is 17.2 Å². The fourth-order valence-electron chi connectivity index (χ4n) is 2.43. The van der Waals surface area contributed by atoms with Crippen LogP contribution in [0.4, 0.5) is 0 Å². The molecular weight excluding hydrogens is 204 g/mol. The van der Waals surface area contributed by atoms with Gasteiger partial charge < -0.3 is 15.5 Å². The maximum Gasteiger partial charge on any atom is 0.162 e. The zero-order chi connectivity index (χ0) is 11.7. The minimum absolute atomic E-state index is 0.126. The van der Waals surface area contributed by atoms with Crippen molar-refractivity contribution in [2.24, 2.45) is 10.9 Å². The highest BCUT2D eigenvalue weighted by Crippen LogP contribution is 2.25. The third kappa shape index (κ3) is 1.66. The van der Waals surface area contributed by atoms with E-state index >= 15 is 0 Å². The van der Waals surface area contributed by atoms with Crippen LogP contribution in [0.25, 0.3) is 0 Å². The molecule has 16 heavy (non-hydrogen) atoms. The predicted octanol–water partition coefficient (Wildman–Crippen LogP) is 1.38. The molecule has 1 aliphatic carbocycles. The Morgan fingerprint density at radius 1 is 1.50 bits per heavy atom. The molecule has 1 unspecified atom stereocenters. The van der Waals surface area contributed by atoms with Gasteiger partial charge in [0.05, 0.1) is 11.7 Å². The molecular formula is C11H18N4O. The van der Waals surface area contributed by atoms with Gasteiger partial charge in [0.1, 0.15) is 5.82 Å². The monoisotopic (exact) mass is 222 g/mol.